The molecule has 0 bridgehead atoms. The molecule has 0 aliphatic carbocycles. The van der Waals surface area contributed by atoms with E-state index in [0.29, 0.717) is 27.3 Å². The maximum absolute atomic E-state index is 13.3. The number of hydrogen-bond acceptors (Lipinski definition) is 4. The summed E-state index contributed by atoms with van der Waals surface area (Å²) in [5.74, 6) is 1.14. The van der Waals surface area contributed by atoms with E-state index in [1.165, 1.54) is 0 Å². The van der Waals surface area contributed by atoms with Gasteiger partial charge in [0, 0.05) is 11.1 Å². The van der Waals surface area contributed by atoms with Crippen LogP contribution >= 0.6 is 8.58 Å². The van der Waals surface area contributed by atoms with Gasteiger partial charge in [-0.2, -0.15) is 8.42 Å². The van der Waals surface area contributed by atoms with Crippen molar-refractivity contribution in [3.63, 3.8) is 0 Å². The fourth-order valence-corrected chi connectivity index (χ4v) is 14.2. The van der Waals surface area contributed by atoms with Crippen LogP contribution in [-0.4, -0.2) is 35.3 Å². The highest BCUT2D eigenvalue weighted by Crippen LogP contribution is 2.50. The van der Waals surface area contributed by atoms with Crippen LogP contribution in [0.4, 0.5) is 0 Å². The molecule has 0 saturated heterocycles. The summed E-state index contributed by atoms with van der Waals surface area (Å²) in [5, 5.41) is 10.9. The van der Waals surface area contributed by atoms with Gasteiger partial charge in [-0.25, -0.2) is 0 Å². The number of rotatable bonds is 9. The first-order chi connectivity index (χ1) is 28.5. The van der Waals surface area contributed by atoms with Crippen molar-refractivity contribution in [3.8, 4) is 44.9 Å². The van der Waals surface area contributed by atoms with E-state index in [9.17, 15) is 13.0 Å². The van der Waals surface area contributed by atoms with Crippen LogP contribution in [0.2, 0.25) is 19.6 Å². The van der Waals surface area contributed by atoms with Gasteiger partial charge in [-0.3, -0.25) is 4.55 Å². The Labute approximate surface area is 347 Å². The molecule has 0 heterocycles. The standard InChI is InChI=1S/C51H43O5PSSi/c1-55-43-29-28-42(49(56-2)50(43)57-44-26-15-27-45(59(3,4)5)51(44)58(52,53)54)48-40(46-36-20-10-6-16-32(36)30-33-17-7-11-21-37(33)46)24-14-25-41(48)47-38-22-12-8-18-34(38)31-35-19-9-13-23-39(35)47/h6-31,57H,1-5H3,(H,52,53,54). The van der Waals surface area contributed by atoms with Crippen molar-refractivity contribution in [2.45, 2.75) is 24.5 Å². The zero-order chi connectivity index (χ0) is 41.1. The molecule has 0 amide bonds. The average molecular weight is 827 g/mol. The molecule has 9 aromatic rings. The van der Waals surface area contributed by atoms with Crippen molar-refractivity contribution >= 4 is 85.7 Å². The monoisotopic (exact) mass is 826 g/mol. The van der Waals surface area contributed by atoms with E-state index in [2.05, 4.69) is 153 Å². The predicted octanol–water partition coefficient (Wildman–Crippen LogP) is 11.7. The van der Waals surface area contributed by atoms with Crippen molar-refractivity contribution in [2.75, 3.05) is 14.2 Å². The first kappa shape index (κ1) is 38.7. The lowest BCUT2D eigenvalue weighted by Crippen LogP contribution is -2.43. The molecule has 0 radical (unpaired) electrons. The van der Waals surface area contributed by atoms with Crippen LogP contribution in [0.25, 0.3) is 76.5 Å². The first-order valence-corrected chi connectivity index (χ1v) is 25.5. The summed E-state index contributed by atoms with van der Waals surface area (Å²) in [5.41, 5.74) is 6.10. The smallest absolute Gasteiger partial charge is 0.295 e. The predicted molar refractivity (Wildman–Crippen MR) is 253 cm³/mol. The van der Waals surface area contributed by atoms with Crippen LogP contribution in [0.1, 0.15) is 0 Å². The average Bonchev–Trinajstić information content (AvgIpc) is 3.23. The van der Waals surface area contributed by atoms with Gasteiger partial charge in [-0.05, 0) is 109 Å². The Morgan fingerprint density at radius 1 is 0.508 bits per heavy atom. The molecule has 292 valence electrons. The van der Waals surface area contributed by atoms with Crippen molar-refractivity contribution < 1.29 is 22.4 Å². The molecule has 9 aromatic carbocycles. The molecule has 1 atom stereocenters. The zero-order valence-corrected chi connectivity index (χ0v) is 36.3. The van der Waals surface area contributed by atoms with E-state index in [1.807, 2.05) is 18.2 Å². The zero-order valence-electron chi connectivity index (χ0n) is 33.5. The number of fused-ring (bicyclic) bond motifs is 4. The highest BCUT2D eigenvalue weighted by atomic mass is 32.2. The first-order valence-electron chi connectivity index (χ1n) is 19.6. The van der Waals surface area contributed by atoms with Crippen LogP contribution in [0.3, 0.4) is 0 Å². The summed E-state index contributed by atoms with van der Waals surface area (Å²) in [6.45, 7) is 6.24. The van der Waals surface area contributed by atoms with Crippen LogP contribution < -0.4 is 25.3 Å². The fourth-order valence-electron chi connectivity index (χ4n) is 8.77. The summed E-state index contributed by atoms with van der Waals surface area (Å²) >= 11 is 0. The third-order valence-electron chi connectivity index (χ3n) is 11.3. The lowest BCUT2D eigenvalue weighted by Gasteiger charge is -2.25. The molecule has 8 heteroatoms. The molecule has 0 aliphatic heterocycles. The summed E-state index contributed by atoms with van der Waals surface area (Å²) in [4.78, 5) is -0.0162. The second kappa shape index (κ2) is 15.1. The third-order valence-corrected chi connectivity index (χ3v) is 16.1. The summed E-state index contributed by atoms with van der Waals surface area (Å²) in [6.07, 6.45) is 0. The minimum Gasteiger partial charge on any atom is -0.496 e. The van der Waals surface area contributed by atoms with Gasteiger partial charge in [-0.15, -0.1) is 0 Å². The van der Waals surface area contributed by atoms with E-state index < -0.39 is 18.2 Å². The molecule has 1 N–H and O–H groups in total. The van der Waals surface area contributed by atoms with E-state index in [0.717, 1.165) is 76.5 Å². The van der Waals surface area contributed by atoms with Crippen molar-refractivity contribution in [1.82, 2.24) is 0 Å². The van der Waals surface area contributed by atoms with E-state index in [4.69, 9.17) is 9.47 Å². The highest BCUT2D eigenvalue weighted by Gasteiger charge is 2.31. The van der Waals surface area contributed by atoms with Crippen molar-refractivity contribution in [2.24, 2.45) is 0 Å². The van der Waals surface area contributed by atoms with E-state index in [-0.39, 0.29) is 13.5 Å². The molecular formula is C51H43O5PSSi. The molecule has 1 unspecified atom stereocenters. The second-order valence-electron chi connectivity index (χ2n) is 15.9. The van der Waals surface area contributed by atoms with Crippen LogP contribution in [0.15, 0.2) is 163 Å². The van der Waals surface area contributed by atoms with Crippen LogP contribution in [0.5, 0.6) is 11.5 Å². The lowest BCUT2D eigenvalue weighted by atomic mass is 9.81. The van der Waals surface area contributed by atoms with Gasteiger partial charge in [0.1, 0.15) is 16.4 Å². The Bertz CT molecular complexity index is 3000. The fraction of sp³-hybridized carbons (Fsp3) is 0.0980. The molecule has 0 saturated carbocycles. The van der Waals surface area contributed by atoms with Gasteiger partial charge >= 0.3 is 0 Å². The van der Waals surface area contributed by atoms with E-state index in [1.54, 1.807) is 20.3 Å². The van der Waals surface area contributed by atoms with Crippen molar-refractivity contribution in [3.05, 3.63) is 158 Å². The second-order valence-corrected chi connectivity index (χ2v) is 23.6. The number of ether oxygens (including phenoxy) is 2. The summed E-state index contributed by atoms with van der Waals surface area (Å²) in [7, 11) is -3.74. The highest BCUT2D eigenvalue weighted by molar-refractivity contribution is 7.86. The normalized spacial score (nSPS) is 12.3. The van der Waals surface area contributed by atoms with Crippen LogP contribution in [-0.2, 0) is 10.1 Å². The quantitative estimate of drug-likeness (QED) is 0.0679. The molecule has 0 fully saturated rings. The molecule has 5 nitrogen and oxygen atoms in total. The Morgan fingerprint density at radius 3 is 1.39 bits per heavy atom. The molecule has 59 heavy (non-hydrogen) atoms. The molecule has 0 spiro atoms. The summed E-state index contributed by atoms with van der Waals surface area (Å²) < 4.78 is 49.9. The van der Waals surface area contributed by atoms with Gasteiger partial charge in [0.05, 0.1) is 27.6 Å². The van der Waals surface area contributed by atoms with Gasteiger partial charge in [-0.1, -0.05) is 153 Å². The largest absolute Gasteiger partial charge is 0.496 e. The Morgan fingerprint density at radius 2 is 0.966 bits per heavy atom. The molecule has 9 rings (SSSR count). The van der Waals surface area contributed by atoms with Gasteiger partial charge in [0.15, 0.2) is 0 Å². The molecular weight excluding hydrogens is 784 g/mol. The Kier molecular flexibility index (Phi) is 9.89. The Balaban J connectivity index is 1.44. The minimum atomic E-state index is -4.58. The number of benzene rings is 9. The van der Waals surface area contributed by atoms with E-state index >= 15 is 0 Å². The van der Waals surface area contributed by atoms with Gasteiger partial charge < -0.3 is 9.47 Å². The SMILES string of the molecule is COc1ccc(-c2c(-c3c4ccccc4cc4ccccc34)cccc2-c2c3ccccc3cc3ccccc23)c(OC)c1Pc1cccc([Si](C)(C)C)c1S(=O)(=O)O. The third kappa shape index (κ3) is 6.78. The summed E-state index contributed by atoms with van der Waals surface area (Å²) in [6, 6.07) is 54.8. The molecule has 0 aromatic heterocycles. The maximum Gasteiger partial charge on any atom is 0.295 e. The topological polar surface area (TPSA) is 72.8 Å². The Hall–Kier alpha value is -5.82. The number of methoxy groups -OCH3 is 2. The molecule has 0 aliphatic rings. The van der Waals surface area contributed by atoms with Crippen molar-refractivity contribution in [1.29, 1.82) is 0 Å². The number of hydrogen-bond donors (Lipinski definition) is 1. The van der Waals surface area contributed by atoms with Gasteiger partial charge in [0.25, 0.3) is 10.1 Å². The van der Waals surface area contributed by atoms with Crippen LogP contribution in [0, 0.1) is 0 Å². The minimum absolute atomic E-state index is 0.0162. The lowest BCUT2D eigenvalue weighted by molar-refractivity contribution is 0.402. The van der Waals surface area contributed by atoms with Gasteiger partial charge in [0.2, 0.25) is 0 Å². The maximum atomic E-state index is 13.3.